The van der Waals surface area contributed by atoms with Crippen LogP contribution >= 0.6 is 11.6 Å². The third-order valence-corrected chi connectivity index (χ3v) is 3.34. The first-order valence-corrected chi connectivity index (χ1v) is 6.43. The van der Waals surface area contributed by atoms with Gasteiger partial charge in [-0.05, 0) is 48.0 Å². The Morgan fingerprint density at radius 3 is 2.33 bits per heavy atom. The first-order chi connectivity index (χ1) is 9.92. The molecule has 6 heteroatoms. The van der Waals surface area contributed by atoms with Crippen LogP contribution in [-0.4, -0.2) is 11.3 Å². The van der Waals surface area contributed by atoms with Crippen LogP contribution in [0.4, 0.5) is 13.2 Å². The van der Waals surface area contributed by atoms with Gasteiger partial charge in [0.2, 0.25) is 0 Å². The maximum atomic E-state index is 12.1. The maximum absolute atomic E-state index is 12.1. The van der Waals surface area contributed by atoms with Crippen LogP contribution < -0.4 is 4.74 Å². The van der Waals surface area contributed by atoms with Crippen molar-refractivity contribution < 1.29 is 17.9 Å². The van der Waals surface area contributed by atoms with Crippen LogP contribution in [-0.2, 0) is 0 Å². The number of alkyl halides is 3. The zero-order chi connectivity index (χ0) is 15.0. The van der Waals surface area contributed by atoms with E-state index in [0.717, 1.165) is 22.2 Å². The molecule has 0 bridgehead atoms. The fourth-order valence-electron chi connectivity index (χ4n) is 2.11. The lowest BCUT2D eigenvalue weighted by Gasteiger charge is -2.08. The number of aromatic nitrogens is 1. The Kier molecular flexibility index (Phi) is 3.29. The average molecular weight is 312 g/mol. The summed E-state index contributed by atoms with van der Waals surface area (Å²) >= 11 is 6.09. The number of nitrogens with one attached hydrogen (secondary N) is 1. The van der Waals surface area contributed by atoms with Gasteiger partial charge in [0.15, 0.2) is 0 Å². The molecule has 0 aliphatic rings. The zero-order valence-electron chi connectivity index (χ0n) is 10.5. The second-order valence-corrected chi connectivity index (χ2v) is 4.86. The van der Waals surface area contributed by atoms with Crippen LogP contribution in [0.3, 0.4) is 0 Å². The van der Waals surface area contributed by atoms with Gasteiger partial charge in [-0.1, -0.05) is 17.7 Å². The summed E-state index contributed by atoms with van der Waals surface area (Å²) in [6, 6.07) is 13.0. The number of rotatable bonds is 2. The lowest BCUT2D eigenvalue weighted by molar-refractivity contribution is -0.274. The second-order valence-electron chi connectivity index (χ2n) is 4.46. The highest BCUT2D eigenvalue weighted by Crippen LogP contribution is 2.30. The largest absolute Gasteiger partial charge is 0.573 e. The van der Waals surface area contributed by atoms with E-state index in [1.54, 1.807) is 18.2 Å². The third-order valence-electron chi connectivity index (χ3n) is 3.01. The van der Waals surface area contributed by atoms with E-state index >= 15 is 0 Å². The topological polar surface area (TPSA) is 25.0 Å². The Hall–Kier alpha value is -2.14. The SMILES string of the molecule is FC(F)(F)Oc1ccc(-c2cc3c(Cl)cccc3[nH]2)cc1. The quantitative estimate of drug-likeness (QED) is 0.674. The molecule has 0 saturated heterocycles. The molecule has 0 atom stereocenters. The van der Waals surface area contributed by atoms with Crippen molar-refractivity contribution in [1.82, 2.24) is 4.98 Å². The first kappa shape index (κ1) is 13.8. The molecule has 1 aromatic heterocycles. The summed E-state index contributed by atoms with van der Waals surface area (Å²) in [6.45, 7) is 0. The minimum Gasteiger partial charge on any atom is -0.406 e. The van der Waals surface area contributed by atoms with E-state index in [-0.39, 0.29) is 5.75 Å². The van der Waals surface area contributed by atoms with Crippen LogP contribution in [0.25, 0.3) is 22.2 Å². The van der Waals surface area contributed by atoms with Crippen molar-refractivity contribution >= 4 is 22.5 Å². The molecule has 0 radical (unpaired) electrons. The molecule has 1 N–H and O–H groups in total. The van der Waals surface area contributed by atoms with Crippen molar-refractivity contribution in [2.45, 2.75) is 6.36 Å². The molecule has 0 fully saturated rings. The van der Waals surface area contributed by atoms with Gasteiger partial charge >= 0.3 is 6.36 Å². The Balaban J connectivity index is 1.94. The monoisotopic (exact) mass is 311 g/mol. The number of fused-ring (bicyclic) bond motifs is 1. The van der Waals surface area contributed by atoms with E-state index < -0.39 is 6.36 Å². The van der Waals surface area contributed by atoms with Crippen LogP contribution in [0.1, 0.15) is 0 Å². The summed E-state index contributed by atoms with van der Waals surface area (Å²) in [5.41, 5.74) is 2.39. The smallest absolute Gasteiger partial charge is 0.406 e. The molecule has 0 aliphatic carbocycles. The van der Waals surface area contributed by atoms with Gasteiger partial charge < -0.3 is 9.72 Å². The highest BCUT2D eigenvalue weighted by Gasteiger charge is 2.30. The third kappa shape index (κ3) is 2.97. The predicted octanol–water partition coefficient (Wildman–Crippen LogP) is 5.39. The van der Waals surface area contributed by atoms with Gasteiger partial charge in [0.25, 0.3) is 0 Å². The van der Waals surface area contributed by atoms with Crippen molar-refractivity contribution in [2.24, 2.45) is 0 Å². The molecule has 21 heavy (non-hydrogen) atoms. The molecule has 3 rings (SSSR count). The molecule has 0 saturated carbocycles. The van der Waals surface area contributed by atoms with Gasteiger partial charge in [0.1, 0.15) is 5.75 Å². The molecular weight excluding hydrogens is 303 g/mol. The lowest BCUT2D eigenvalue weighted by atomic mass is 10.1. The van der Waals surface area contributed by atoms with Gasteiger partial charge in [0.05, 0.1) is 0 Å². The van der Waals surface area contributed by atoms with Gasteiger partial charge in [0, 0.05) is 21.6 Å². The molecule has 0 spiro atoms. The molecular formula is C15H9ClF3NO. The first-order valence-electron chi connectivity index (χ1n) is 6.06. The van der Waals surface area contributed by atoms with E-state index in [2.05, 4.69) is 9.72 Å². The molecule has 1 heterocycles. The minimum atomic E-state index is -4.68. The summed E-state index contributed by atoms with van der Waals surface area (Å²) in [4.78, 5) is 3.17. The predicted molar refractivity (Wildman–Crippen MR) is 75.4 cm³/mol. The number of halogens is 4. The van der Waals surface area contributed by atoms with Gasteiger partial charge in [-0.2, -0.15) is 0 Å². The molecule has 0 aliphatic heterocycles. The highest BCUT2D eigenvalue weighted by atomic mass is 35.5. The maximum Gasteiger partial charge on any atom is 0.573 e. The Morgan fingerprint density at radius 1 is 1.00 bits per heavy atom. The van der Waals surface area contributed by atoms with Crippen molar-refractivity contribution in [1.29, 1.82) is 0 Å². The van der Waals surface area contributed by atoms with Crippen molar-refractivity contribution in [3.8, 4) is 17.0 Å². The summed E-state index contributed by atoms with van der Waals surface area (Å²) < 4.78 is 40.2. The fourth-order valence-corrected chi connectivity index (χ4v) is 2.34. The number of ether oxygens (including phenoxy) is 1. The number of H-pyrrole nitrogens is 1. The van der Waals surface area contributed by atoms with Crippen LogP contribution in [0.15, 0.2) is 48.5 Å². The minimum absolute atomic E-state index is 0.250. The molecule has 3 aromatic rings. The summed E-state index contributed by atoms with van der Waals surface area (Å²) in [7, 11) is 0. The van der Waals surface area contributed by atoms with Crippen molar-refractivity contribution in [3.05, 3.63) is 53.6 Å². The van der Waals surface area contributed by atoms with Crippen LogP contribution in [0.5, 0.6) is 5.75 Å². The van der Waals surface area contributed by atoms with Crippen LogP contribution in [0, 0.1) is 0 Å². The van der Waals surface area contributed by atoms with Gasteiger partial charge in [-0.3, -0.25) is 0 Å². The Bertz CT molecular complexity index is 778. The summed E-state index contributed by atoms with van der Waals surface area (Å²) in [5, 5.41) is 1.48. The van der Waals surface area contributed by atoms with Crippen molar-refractivity contribution in [3.63, 3.8) is 0 Å². The Morgan fingerprint density at radius 2 is 1.71 bits per heavy atom. The zero-order valence-corrected chi connectivity index (χ0v) is 11.3. The second kappa shape index (κ2) is 5.00. The van der Waals surface area contributed by atoms with E-state index in [1.165, 1.54) is 12.1 Å². The van der Waals surface area contributed by atoms with Crippen LogP contribution in [0.2, 0.25) is 5.02 Å². The normalized spacial score (nSPS) is 11.8. The van der Waals surface area contributed by atoms with Gasteiger partial charge in [-0.25, -0.2) is 0 Å². The van der Waals surface area contributed by atoms with Gasteiger partial charge in [-0.15, -0.1) is 13.2 Å². The summed E-state index contributed by atoms with van der Waals surface area (Å²) in [6.07, 6.45) is -4.68. The number of aromatic amines is 1. The lowest BCUT2D eigenvalue weighted by Crippen LogP contribution is -2.16. The molecule has 0 amide bonds. The standard InChI is InChI=1S/C15H9ClF3NO/c16-12-2-1-3-13-11(12)8-14(20-13)9-4-6-10(7-5-9)21-15(17,18)19/h1-8,20H. The number of hydrogen-bond donors (Lipinski definition) is 1. The molecule has 0 unspecified atom stereocenters. The fraction of sp³-hybridized carbons (Fsp3) is 0.0667. The van der Waals surface area contributed by atoms with E-state index in [0.29, 0.717) is 5.02 Å². The van der Waals surface area contributed by atoms with E-state index in [4.69, 9.17) is 11.6 Å². The van der Waals surface area contributed by atoms with Crippen molar-refractivity contribution in [2.75, 3.05) is 0 Å². The van der Waals surface area contributed by atoms with E-state index in [1.807, 2.05) is 18.2 Å². The number of benzene rings is 2. The molecule has 2 aromatic carbocycles. The molecule has 108 valence electrons. The highest BCUT2D eigenvalue weighted by molar-refractivity contribution is 6.35. The number of hydrogen-bond acceptors (Lipinski definition) is 1. The average Bonchev–Trinajstić information content (AvgIpc) is 2.83. The molecule has 2 nitrogen and oxygen atoms in total. The summed E-state index contributed by atoms with van der Waals surface area (Å²) in [5.74, 6) is -0.250. The van der Waals surface area contributed by atoms with E-state index in [9.17, 15) is 13.2 Å². The Labute approximate surface area is 123 Å².